The average molecular weight is 294 g/mol. The number of carbonyl (C=O) groups excluding carboxylic acids is 1. The van der Waals surface area contributed by atoms with Crippen LogP contribution < -0.4 is 14.8 Å². The second kappa shape index (κ2) is 9.23. The average Bonchev–Trinajstić information content (AvgIpc) is 2.51. The first-order valence-electron chi connectivity index (χ1n) is 7.34. The Labute approximate surface area is 127 Å². The van der Waals surface area contributed by atoms with Crippen molar-refractivity contribution in [2.45, 2.75) is 20.3 Å². The number of carbonyl (C=O) groups is 1. The summed E-state index contributed by atoms with van der Waals surface area (Å²) in [5.74, 6) is 1.42. The van der Waals surface area contributed by atoms with E-state index in [4.69, 9.17) is 9.47 Å². The summed E-state index contributed by atoms with van der Waals surface area (Å²) >= 11 is 0. The second-order valence-corrected chi connectivity index (χ2v) is 4.73. The van der Waals surface area contributed by atoms with Gasteiger partial charge < -0.3 is 19.7 Å². The molecule has 0 radical (unpaired) electrons. The topological polar surface area (TPSA) is 50.8 Å². The van der Waals surface area contributed by atoms with E-state index < -0.39 is 0 Å². The SMILES string of the molecule is CCN(CC)CCNC(=O)Cc1cc(OC)ccc1OC. The maximum atomic E-state index is 12.0. The van der Waals surface area contributed by atoms with Crippen LogP contribution in [0.15, 0.2) is 18.2 Å². The summed E-state index contributed by atoms with van der Waals surface area (Å²) in [6.45, 7) is 7.76. The number of rotatable bonds is 9. The van der Waals surface area contributed by atoms with Crippen molar-refractivity contribution in [1.82, 2.24) is 10.2 Å². The fourth-order valence-electron chi connectivity index (χ4n) is 2.15. The fourth-order valence-corrected chi connectivity index (χ4v) is 2.15. The Balaban J connectivity index is 2.54. The molecule has 0 atom stereocenters. The summed E-state index contributed by atoms with van der Waals surface area (Å²) in [6, 6.07) is 5.47. The van der Waals surface area contributed by atoms with Gasteiger partial charge in [0.15, 0.2) is 0 Å². The van der Waals surface area contributed by atoms with Crippen LogP contribution in [0.1, 0.15) is 19.4 Å². The number of benzene rings is 1. The van der Waals surface area contributed by atoms with E-state index in [1.54, 1.807) is 14.2 Å². The minimum atomic E-state index is -0.00582. The molecule has 1 N–H and O–H groups in total. The number of nitrogens with zero attached hydrogens (tertiary/aromatic N) is 1. The van der Waals surface area contributed by atoms with E-state index in [1.807, 2.05) is 18.2 Å². The zero-order chi connectivity index (χ0) is 15.7. The number of amides is 1. The lowest BCUT2D eigenvalue weighted by Crippen LogP contribution is -2.35. The smallest absolute Gasteiger partial charge is 0.224 e. The van der Waals surface area contributed by atoms with Gasteiger partial charge in [-0.25, -0.2) is 0 Å². The number of ether oxygens (including phenoxy) is 2. The van der Waals surface area contributed by atoms with Crippen molar-refractivity contribution in [3.63, 3.8) is 0 Å². The third kappa shape index (κ3) is 5.63. The summed E-state index contributed by atoms with van der Waals surface area (Å²) in [5.41, 5.74) is 0.831. The lowest BCUT2D eigenvalue weighted by atomic mass is 10.1. The molecular weight excluding hydrogens is 268 g/mol. The predicted molar refractivity (Wildman–Crippen MR) is 84.0 cm³/mol. The molecular formula is C16H26N2O3. The van der Waals surface area contributed by atoms with Gasteiger partial charge in [0.1, 0.15) is 11.5 Å². The van der Waals surface area contributed by atoms with E-state index in [-0.39, 0.29) is 5.91 Å². The first-order chi connectivity index (χ1) is 10.1. The minimum Gasteiger partial charge on any atom is -0.497 e. The molecule has 0 spiro atoms. The molecule has 21 heavy (non-hydrogen) atoms. The largest absolute Gasteiger partial charge is 0.497 e. The van der Waals surface area contributed by atoms with Gasteiger partial charge in [-0.2, -0.15) is 0 Å². The van der Waals surface area contributed by atoms with Crippen molar-refractivity contribution < 1.29 is 14.3 Å². The van der Waals surface area contributed by atoms with Gasteiger partial charge in [0.05, 0.1) is 20.6 Å². The summed E-state index contributed by atoms with van der Waals surface area (Å²) in [7, 11) is 3.21. The molecule has 0 saturated carbocycles. The molecule has 0 unspecified atom stereocenters. The Hall–Kier alpha value is -1.75. The van der Waals surface area contributed by atoms with Gasteiger partial charge in [-0.05, 0) is 31.3 Å². The van der Waals surface area contributed by atoms with Gasteiger partial charge in [-0.3, -0.25) is 4.79 Å². The van der Waals surface area contributed by atoms with Gasteiger partial charge in [0.25, 0.3) is 0 Å². The van der Waals surface area contributed by atoms with Crippen molar-refractivity contribution in [3.05, 3.63) is 23.8 Å². The van der Waals surface area contributed by atoms with Crippen LogP contribution in [0.25, 0.3) is 0 Å². The highest BCUT2D eigenvalue weighted by Gasteiger charge is 2.10. The molecule has 0 aromatic heterocycles. The van der Waals surface area contributed by atoms with Crippen LogP contribution in [0.4, 0.5) is 0 Å². The van der Waals surface area contributed by atoms with Crippen molar-refractivity contribution in [3.8, 4) is 11.5 Å². The minimum absolute atomic E-state index is 0.00582. The first-order valence-corrected chi connectivity index (χ1v) is 7.34. The van der Waals surface area contributed by atoms with Gasteiger partial charge in [-0.1, -0.05) is 13.8 Å². The highest BCUT2D eigenvalue weighted by molar-refractivity contribution is 5.79. The molecule has 1 amide bonds. The molecule has 5 heteroatoms. The molecule has 0 aliphatic rings. The Bertz CT molecular complexity index is 445. The van der Waals surface area contributed by atoms with Crippen LogP contribution in [0.2, 0.25) is 0 Å². The number of hydrogen-bond acceptors (Lipinski definition) is 4. The van der Waals surface area contributed by atoms with E-state index >= 15 is 0 Å². The number of likely N-dealkylation sites (N-methyl/N-ethyl adjacent to an activating group) is 1. The van der Waals surface area contributed by atoms with Gasteiger partial charge in [0.2, 0.25) is 5.91 Å². The fraction of sp³-hybridized carbons (Fsp3) is 0.562. The molecule has 0 bridgehead atoms. The van der Waals surface area contributed by atoms with E-state index in [0.717, 1.165) is 30.9 Å². The second-order valence-electron chi connectivity index (χ2n) is 4.73. The standard InChI is InChI=1S/C16H26N2O3/c1-5-18(6-2)10-9-17-16(19)12-13-11-14(20-3)7-8-15(13)21-4/h7-8,11H,5-6,9-10,12H2,1-4H3,(H,17,19). The lowest BCUT2D eigenvalue weighted by Gasteiger charge is -2.18. The third-order valence-corrected chi connectivity index (χ3v) is 3.48. The van der Waals surface area contributed by atoms with Crippen LogP contribution in [-0.2, 0) is 11.2 Å². The van der Waals surface area contributed by atoms with Crippen LogP contribution in [0.5, 0.6) is 11.5 Å². The zero-order valence-electron chi connectivity index (χ0n) is 13.4. The van der Waals surface area contributed by atoms with Crippen LogP contribution in [-0.4, -0.2) is 51.2 Å². The molecule has 1 aromatic carbocycles. The van der Waals surface area contributed by atoms with E-state index in [1.165, 1.54) is 0 Å². The van der Waals surface area contributed by atoms with Gasteiger partial charge >= 0.3 is 0 Å². The summed E-state index contributed by atoms with van der Waals surface area (Å²) < 4.78 is 10.5. The van der Waals surface area contributed by atoms with Gasteiger partial charge in [0, 0.05) is 18.7 Å². The molecule has 1 aromatic rings. The summed E-state index contributed by atoms with van der Waals surface area (Å²) in [6.07, 6.45) is 0.290. The molecule has 0 saturated heterocycles. The molecule has 118 valence electrons. The van der Waals surface area contributed by atoms with E-state index in [9.17, 15) is 4.79 Å². The van der Waals surface area contributed by atoms with Crippen LogP contribution in [0.3, 0.4) is 0 Å². The molecule has 0 aliphatic carbocycles. The lowest BCUT2D eigenvalue weighted by molar-refractivity contribution is -0.120. The Morgan fingerprint density at radius 1 is 1.19 bits per heavy atom. The number of methoxy groups -OCH3 is 2. The molecule has 0 aliphatic heterocycles. The maximum absolute atomic E-state index is 12.0. The van der Waals surface area contributed by atoms with Gasteiger partial charge in [-0.15, -0.1) is 0 Å². The van der Waals surface area contributed by atoms with Crippen molar-refractivity contribution in [2.75, 3.05) is 40.4 Å². The zero-order valence-corrected chi connectivity index (χ0v) is 13.4. The van der Waals surface area contributed by atoms with E-state index in [2.05, 4.69) is 24.1 Å². The third-order valence-electron chi connectivity index (χ3n) is 3.48. The number of hydrogen-bond donors (Lipinski definition) is 1. The monoisotopic (exact) mass is 294 g/mol. The first kappa shape index (κ1) is 17.3. The van der Waals surface area contributed by atoms with Crippen LogP contribution >= 0.6 is 0 Å². The summed E-state index contributed by atoms with van der Waals surface area (Å²) in [5, 5.41) is 2.94. The Kier molecular flexibility index (Phi) is 7.61. The van der Waals surface area contributed by atoms with Crippen molar-refractivity contribution >= 4 is 5.91 Å². The number of nitrogens with one attached hydrogen (secondary N) is 1. The molecule has 1 rings (SSSR count). The molecule has 0 heterocycles. The molecule has 5 nitrogen and oxygen atoms in total. The molecule has 0 fully saturated rings. The Morgan fingerprint density at radius 3 is 2.48 bits per heavy atom. The quantitative estimate of drug-likeness (QED) is 0.753. The predicted octanol–water partition coefficient (Wildman–Crippen LogP) is 1.70. The van der Waals surface area contributed by atoms with Crippen molar-refractivity contribution in [1.29, 1.82) is 0 Å². The normalized spacial score (nSPS) is 10.5. The highest BCUT2D eigenvalue weighted by Crippen LogP contribution is 2.24. The van der Waals surface area contributed by atoms with Crippen molar-refractivity contribution in [2.24, 2.45) is 0 Å². The highest BCUT2D eigenvalue weighted by atomic mass is 16.5. The Morgan fingerprint density at radius 2 is 1.90 bits per heavy atom. The summed E-state index contributed by atoms with van der Waals surface area (Å²) in [4.78, 5) is 14.3. The maximum Gasteiger partial charge on any atom is 0.224 e. The van der Waals surface area contributed by atoms with E-state index in [0.29, 0.717) is 18.7 Å². The van der Waals surface area contributed by atoms with Crippen LogP contribution in [0, 0.1) is 0 Å².